The lowest BCUT2D eigenvalue weighted by atomic mass is 10.1. The Kier molecular flexibility index (Phi) is 5.03. The van der Waals surface area contributed by atoms with Crippen molar-refractivity contribution in [1.29, 1.82) is 0 Å². The van der Waals surface area contributed by atoms with Crippen LogP contribution in [-0.2, 0) is 16.0 Å². The Bertz CT molecular complexity index is 737. The molecule has 0 unspecified atom stereocenters. The predicted octanol–water partition coefficient (Wildman–Crippen LogP) is 0.902. The van der Waals surface area contributed by atoms with E-state index >= 15 is 0 Å². The van der Waals surface area contributed by atoms with Gasteiger partial charge in [0.25, 0.3) is 0 Å². The first-order valence-corrected chi connectivity index (χ1v) is 8.72. The Balaban J connectivity index is 1.60. The summed E-state index contributed by atoms with van der Waals surface area (Å²) in [6.45, 7) is 5.74. The van der Waals surface area contributed by atoms with E-state index in [1.165, 1.54) is 0 Å². The second-order valence-electron chi connectivity index (χ2n) is 6.79. The molecule has 1 aliphatic rings. The number of piperazine rings is 1. The summed E-state index contributed by atoms with van der Waals surface area (Å²) in [5, 5.41) is 0. The van der Waals surface area contributed by atoms with Crippen molar-refractivity contribution in [2.24, 2.45) is 5.73 Å². The summed E-state index contributed by atoms with van der Waals surface area (Å²) in [7, 11) is 0. The summed E-state index contributed by atoms with van der Waals surface area (Å²) in [6.07, 6.45) is 0.923. The number of carbonyl (C=O) groups excluding carboxylic acids is 2. The molecule has 2 heterocycles. The van der Waals surface area contributed by atoms with E-state index in [0.717, 1.165) is 16.9 Å². The first kappa shape index (κ1) is 17.4. The quantitative estimate of drug-likeness (QED) is 0.843. The number of H-pyrrole nitrogens is 1. The summed E-state index contributed by atoms with van der Waals surface area (Å²) in [6, 6.07) is 7.62. The molecule has 1 aromatic carbocycles. The lowest BCUT2D eigenvalue weighted by Gasteiger charge is -2.42. The van der Waals surface area contributed by atoms with Crippen LogP contribution in [0.15, 0.2) is 24.3 Å². The molecule has 3 N–H and O–H groups in total. The molecule has 0 spiro atoms. The van der Waals surface area contributed by atoms with E-state index in [1.807, 2.05) is 38.1 Å². The lowest BCUT2D eigenvalue weighted by Crippen LogP contribution is -2.61. The van der Waals surface area contributed by atoms with Gasteiger partial charge in [-0.2, -0.15) is 0 Å². The zero-order valence-corrected chi connectivity index (χ0v) is 14.7. The van der Waals surface area contributed by atoms with E-state index in [-0.39, 0.29) is 17.9 Å². The van der Waals surface area contributed by atoms with Crippen LogP contribution in [0.25, 0.3) is 11.0 Å². The van der Waals surface area contributed by atoms with Gasteiger partial charge in [0.1, 0.15) is 11.9 Å². The van der Waals surface area contributed by atoms with Crippen molar-refractivity contribution in [2.45, 2.75) is 38.8 Å². The van der Waals surface area contributed by atoms with Gasteiger partial charge in [-0.15, -0.1) is 0 Å². The van der Waals surface area contributed by atoms with Gasteiger partial charge in [-0.1, -0.05) is 12.1 Å². The van der Waals surface area contributed by atoms with Crippen molar-refractivity contribution in [1.82, 2.24) is 19.8 Å². The zero-order chi connectivity index (χ0) is 18.0. The van der Waals surface area contributed by atoms with Crippen molar-refractivity contribution in [3.05, 3.63) is 30.1 Å². The number of aromatic amines is 1. The monoisotopic (exact) mass is 343 g/mol. The summed E-state index contributed by atoms with van der Waals surface area (Å²) < 4.78 is 0. The van der Waals surface area contributed by atoms with Gasteiger partial charge >= 0.3 is 0 Å². The molecular formula is C18H25N5O2. The van der Waals surface area contributed by atoms with Gasteiger partial charge in [0.15, 0.2) is 0 Å². The van der Waals surface area contributed by atoms with E-state index in [4.69, 9.17) is 5.73 Å². The molecule has 0 bridgehead atoms. The average molecular weight is 343 g/mol. The van der Waals surface area contributed by atoms with Crippen LogP contribution in [-0.4, -0.2) is 63.3 Å². The molecular weight excluding hydrogens is 318 g/mol. The molecule has 0 aliphatic carbocycles. The van der Waals surface area contributed by atoms with E-state index < -0.39 is 6.04 Å². The number of rotatable bonds is 5. The second-order valence-corrected chi connectivity index (χ2v) is 6.79. The van der Waals surface area contributed by atoms with Gasteiger partial charge < -0.3 is 15.6 Å². The number of imidazole rings is 1. The highest BCUT2D eigenvalue weighted by Gasteiger charge is 2.34. The normalized spacial score (nSPS) is 18.8. The molecule has 3 rings (SSSR count). The number of hydrogen-bond donors (Lipinski definition) is 2. The Hall–Kier alpha value is -2.41. The van der Waals surface area contributed by atoms with Crippen molar-refractivity contribution < 1.29 is 9.59 Å². The second kappa shape index (κ2) is 7.23. The molecule has 1 atom stereocenters. The number of aryl methyl sites for hydroxylation is 1. The van der Waals surface area contributed by atoms with E-state index in [1.54, 1.807) is 4.90 Å². The fourth-order valence-corrected chi connectivity index (χ4v) is 3.40. The number of aromatic nitrogens is 2. The maximum Gasteiger partial charge on any atom is 0.236 e. The van der Waals surface area contributed by atoms with Crippen LogP contribution >= 0.6 is 0 Å². The van der Waals surface area contributed by atoms with E-state index in [0.29, 0.717) is 32.5 Å². The molecule has 1 aliphatic heterocycles. The van der Waals surface area contributed by atoms with Crippen molar-refractivity contribution >= 4 is 22.8 Å². The van der Waals surface area contributed by atoms with Crippen LogP contribution in [0.5, 0.6) is 0 Å². The molecule has 1 fully saturated rings. The molecule has 7 nitrogen and oxygen atoms in total. The highest BCUT2D eigenvalue weighted by molar-refractivity contribution is 5.82. The van der Waals surface area contributed by atoms with Gasteiger partial charge in [0, 0.05) is 38.5 Å². The molecule has 2 amide bonds. The molecule has 1 aromatic heterocycles. The summed E-state index contributed by atoms with van der Waals surface area (Å²) in [5.41, 5.74) is 7.42. The standard InChI is InChI=1S/C18H25N5O2/c1-12(2)23-10-9-22(11-15(23)18(19)25)17(24)8-7-16-20-13-5-3-4-6-14(13)21-16/h3-6,12,15H,7-11H2,1-2H3,(H2,19,25)(H,20,21)/t15-/m0/s1. The number of nitrogens with two attached hydrogens (primary N) is 1. The first-order valence-electron chi connectivity index (χ1n) is 8.72. The first-order chi connectivity index (χ1) is 12.0. The number of benzene rings is 1. The van der Waals surface area contributed by atoms with Gasteiger partial charge in [-0.25, -0.2) is 4.98 Å². The fraction of sp³-hybridized carbons (Fsp3) is 0.500. The molecule has 7 heteroatoms. The van der Waals surface area contributed by atoms with Crippen LogP contribution < -0.4 is 5.73 Å². The number of hydrogen-bond acceptors (Lipinski definition) is 4. The zero-order valence-electron chi connectivity index (χ0n) is 14.7. The molecule has 2 aromatic rings. The Morgan fingerprint density at radius 1 is 1.32 bits per heavy atom. The number of nitrogens with one attached hydrogen (secondary N) is 1. The topological polar surface area (TPSA) is 95.3 Å². The molecule has 1 saturated heterocycles. The lowest BCUT2D eigenvalue weighted by molar-refractivity contribution is -0.138. The highest BCUT2D eigenvalue weighted by atomic mass is 16.2. The van der Waals surface area contributed by atoms with Crippen LogP contribution in [0.4, 0.5) is 0 Å². The number of nitrogens with zero attached hydrogens (tertiary/aromatic N) is 3. The van der Waals surface area contributed by atoms with Crippen molar-refractivity contribution in [3.8, 4) is 0 Å². The minimum absolute atomic E-state index is 0.0371. The molecule has 25 heavy (non-hydrogen) atoms. The largest absolute Gasteiger partial charge is 0.368 e. The number of fused-ring (bicyclic) bond motifs is 1. The number of amides is 2. The Morgan fingerprint density at radius 2 is 2.08 bits per heavy atom. The molecule has 0 saturated carbocycles. The number of para-hydroxylation sites is 2. The van der Waals surface area contributed by atoms with Gasteiger partial charge in [0.2, 0.25) is 11.8 Å². The van der Waals surface area contributed by atoms with Gasteiger partial charge in [0.05, 0.1) is 11.0 Å². The van der Waals surface area contributed by atoms with Crippen molar-refractivity contribution in [3.63, 3.8) is 0 Å². The Labute approximate surface area is 147 Å². The maximum atomic E-state index is 12.5. The van der Waals surface area contributed by atoms with E-state index in [2.05, 4.69) is 14.9 Å². The molecule has 0 radical (unpaired) electrons. The predicted molar refractivity (Wildman–Crippen MR) is 95.8 cm³/mol. The third-order valence-electron chi connectivity index (χ3n) is 4.78. The van der Waals surface area contributed by atoms with Crippen LogP contribution in [0.3, 0.4) is 0 Å². The highest BCUT2D eigenvalue weighted by Crippen LogP contribution is 2.16. The van der Waals surface area contributed by atoms with E-state index in [9.17, 15) is 9.59 Å². The fourth-order valence-electron chi connectivity index (χ4n) is 3.40. The average Bonchev–Trinajstić information content (AvgIpc) is 3.01. The third-order valence-corrected chi connectivity index (χ3v) is 4.78. The van der Waals surface area contributed by atoms with Crippen LogP contribution in [0, 0.1) is 0 Å². The minimum Gasteiger partial charge on any atom is -0.368 e. The SMILES string of the molecule is CC(C)N1CCN(C(=O)CCc2nc3ccccc3[nH]2)C[C@H]1C(N)=O. The smallest absolute Gasteiger partial charge is 0.236 e. The van der Waals surface area contributed by atoms with Gasteiger partial charge in [-0.05, 0) is 26.0 Å². The summed E-state index contributed by atoms with van der Waals surface area (Å²) >= 11 is 0. The maximum absolute atomic E-state index is 12.5. The summed E-state index contributed by atoms with van der Waals surface area (Å²) in [5.74, 6) is 0.473. The Morgan fingerprint density at radius 3 is 2.76 bits per heavy atom. The minimum atomic E-state index is -0.413. The summed E-state index contributed by atoms with van der Waals surface area (Å²) in [4.78, 5) is 35.8. The van der Waals surface area contributed by atoms with Crippen molar-refractivity contribution in [2.75, 3.05) is 19.6 Å². The van der Waals surface area contributed by atoms with Gasteiger partial charge in [-0.3, -0.25) is 14.5 Å². The molecule has 134 valence electrons. The van der Waals surface area contributed by atoms with Crippen LogP contribution in [0.1, 0.15) is 26.1 Å². The third kappa shape index (κ3) is 3.82. The van der Waals surface area contributed by atoms with Crippen LogP contribution in [0.2, 0.25) is 0 Å². The number of carbonyl (C=O) groups is 2. The number of primary amides is 1.